The molecule has 0 amide bonds. The van der Waals surface area contributed by atoms with E-state index in [4.69, 9.17) is 0 Å². The molecule has 1 fully saturated rings. The fourth-order valence-corrected chi connectivity index (χ4v) is 2.44. The highest BCUT2D eigenvalue weighted by atomic mass is 14.9. The highest BCUT2D eigenvalue weighted by Crippen LogP contribution is 2.25. The van der Waals surface area contributed by atoms with E-state index < -0.39 is 0 Å². The quantitative estimate of drug-likeness (QED) is 0.854. The first-order valence-electron chi connectivity index (χ1n) is 7.11. The summed E-state index contributed by atoms with van der Waals surface area (Å²) in [5, 5.41) is 7.01. The zero-order valence-electron chi connectivity index (χ0n) is 11.9. The van der Waals surface area contributed by atoms with E-state index in [0.717, 1.165) is 12.5 Å². The van der Waals surface area contributed by atoms with Gasteiger partial charge in [-0.15, -0.1) is 0 Å². The van der Waals surface area contributed by atoms with Crippen molar-refractivity contribution >= 4 is 5.69 Å². The summed E-state index contributed by atoms with van der Waals surface area (Å²) < 4.78 is 0. The summed E-state index contributed by atoms with van der Waals surface area (Å²) in [5.74, 6) is 0.824. The Morgan fingerprint density at radius 3 is 2.61 bits per heavy atom. The van der Waals surface area contributed by atoms with E-state index in [1.165, 1.54) is 37.2 Å². The molecule has 2 N–H and O–H groups in total. The third-order valence-electron chi connectivity index (χ3n) is 3.78. The Morgan fingerprint density at radius 1 is 1.22 bits per heavy atom. The van der Waals surface area contributed by atoms with Gasteiger partial charge in [0.25, 0.3) is 0 Å². The molecule has 0 spiro atoms. The van der Waals surface area contributed by atoms with E-state index in [-0.39, 0.29) is 5.41 Å². The molecule has 1 heterocycles. The van der Waals surface area contributed by atoms with E-state index >= 15 is 0 Å². The predicted octanol–water partition coefficient (Wildman–Crippen LogP) is 3.40. The van der Waals surface area contributed by atoms with Crippen molar-refractivity contribution in [2.45, 2.75) is 39.0 Å². The molecule has 0 unspecified atom stereocenters. The maximum absolute atomic E-state index is 3.60. The normalized spacial score (nSPS) is 17.7. The van der Waals surface area contributed by atoms with Crippen LogP contribution in [0.25, 0.3) is 0 Å². The second kappa shape index (κ2) is 5.75. The lowest BCUT2D eigenvalue weighted by molar-refractivity contribution is 0.390. The molecular weight excluding hydrogens is 220 g/mol. The second-order valence-electron chi connectivity index (χ2n) is 6.41. The third-order valence-corrected chi connectivity index (χ3v) is 3.78. The van der Waals surface area contributed by atoms with Gasteiger partial charge in [0.1, 0.15) is 0 Å². The maximum Gasteiger partial charge on any atom is 0.0343 e. The minimum atomic E-state index is 0.229. The summed E-state index contributed by atoms with van der Waals surface area (Å²) in [6, 6.07) is 8.85. The van der Waals surface area contributed by atoms with E-state index in [2.05, 4.69) is 55.7 Å². The Bertz CT molecular complexity index is 373. The van der Waals surface area contributed by atoms with Crippen molar-refractivity contribution in [3.8, 4) is 0 Å². The van der Waals surface area contributed by atoms with Gasteiger partial charge in [-0.05, 0) is 55.0 Å². The van der Waals surface area contributed by atoms with Gasteiger partial charge in [0, 0.05) is 12.2 Å². The van der Waals surface area contributed by atoms with Crippen LogP contribution in [0.1, 0.15) is 39.2 Å². The average Bonchev–Trinajstić information content (AvgIpc) is 2.37. The largest absolute Gasteiger partial charge is 0.385 e. The van der Waals surface area contributed by atoms with Gasteiger partial charge in [0.05, 0.1) is 0 Å². The van der Waals surface area contributed by atoms with Gasteiger partial charge in [0.2, 0.25) is 0 Å². The Morgan fingerprint density at radius 2 is 1.94 bits per heavy atom. The molecule has 0 atom stereocenters. The molecule has 1 aliphatic heterocycles. The monoisotopic (exact) mass is 246 g/mol. The minimum Gasteiger partial charge on any atom is -0.385 e. The number of nitrogens with one attached hydrogen (secondary N) is 2. The first-order chi connectivity index (χ1) is 8.55. The van der Waals surface area contributed by atoms with Crippen molar-refractivity contribution in [1.29, 1.82) is 0 Å². The summed E-state index contributed by atoms with van der Waals surface area (Å²) in [6.07, 6.45) is 2.60. The second-order valence-corrected chi connectivity index (χ2v) is 6.41. The topological polar surface area (TPSA) is 24.1 Å². The molecule has 0 radical (unpaired) electrons. The van der Waals surface area contributed by atoms with Crippen LogP contribution in [-0.2, 0) is 5.41 Å². The maximum atomic E-state index is 3.60. The Balaban J connectivity index is 1.92. The van der Waals surface area contributed by atoms with Crippen molar-refractivity contribution < 1.29 is 0 Å². The lowest BCUT2D eigenvalue weighted by Gasteiger charge is -2.24. The van der Waals surface area contributed by atoms with Gasteiger partial charge in [-0.3, -0.25) is 0 Å². The van der Waals surface area contributed by atoms with Crippen LogP contribution in [0.3, 0.4) is 0 Å². The Labute approximate surface area is 111 Å². The molecule has 18 heavy (non-hydrogen) atoms. The van der Waals surface area contributed by atoms with Crippen LogP contribution in [0.4, 0.5) is 5.69 Å². The lowest BCUT2D eigenvalue weighted by Crippen LogP contribution is -2.31. The van der Waals surface area contributed by atoms with Crippen molar-refractivity contribution in [2.75, 3.05) is 25.0 Å². The molecule has 2 nitrogen and oxygen atoms in total. The minimum absolute atomic E-state index is 0.229. The lowest BCUT2D eigenvalue weighted by atomic mass is 9.87. The van der Waals surface area contributed by atoms with Crippen LogP contribution < -0.4 is 10.6 Å². The van der Waals surface area contributed by atoms with Gasteiger partial charge >= 0.3 is 0 Å². The SMILES string of the molecule is CC(C)(C)c1cccc(NCC2CCNCC2)c1. The molecule has 1 aromatic rings. The van der Waals surface area contributed by atoms with Crippen molar-refractivity contribution in [3.63, 3.8) is 0 Å². The molecule has 1 saturated heterocycles. The number of rotatable bonds is 3. The molecular formula is C16H26N2. The van der Waals surface area contributed by atoms with Crippen LogP contribution in [0.15, 0.2) is 24.3 Å². The molecule has 0 saturated carbocycles. The van der Waals surface area contributed by atoms with E-state index in [0.29, 0.717) is 0 Å². The highest BCUT2D eigenvalue weighted by Gasteiger charge is 2.15. The van der Waals surface area contributed by atoms with Crippen LogP contribution in [0.5, 0.6) is 0 Å². The van der Waals surface area contributed by atoms with Crippen LogP contribution in [0.2, 0.25) is 0 Å². The Hall–Kier alpha value is -1.02. The number of hydrogen-bond donors (Lipinski definition) is 2. The molecule has 0 aromatic heterocycles. The molecule has 0 aliphatic carbocycles. The third kappa shape index (κ3) is 3.74. The fourth-order valence-electron chi connectivity index (χ4n) is 2.44. The van der Waals surface area contributed by atoms with E-state index in [9.17, 15) is 0 Å². The first kappa shape index (κ1) is 13.4. The predicted molar refractivity (Wildman–Crippen MR) is 79.2 cm³/mol. The summed E-state index contributed by atoms with van der Waals surface area (Å²) in [6.45, 7) is 10.2. The van der Waals surface area contributed by atoms with Gasteiger partial charge in [-0.2, -0.15) is 0 Å². The summed E-state index contributed by atoms with van der Waals surface area (Å²) in [7, 11) is 0. The number of piperidine rings is 1. The van der Waals surface area contributed by atoms with Gasteiger partial charge in [-0.1, -0.05) is 32.9 Å². The molecule has 1 aromatic carbocycles. The summed E-state index contributed by atoms with van der Waals surface area (Å²) >= 11 is 0. The smallest absolute Gasteiger partial charge is 0.0343 e. The zero-order chi connectivity index (χ0) is 13.0. The van der Waals surface area contributed by atoms with Gasteiger partial charge < -0.3 is 10.6 Å². The number of benzene rings is 1. The van der Waals surface area contributed by atoms with Gasteiger partial charge in [-0.25, -0.2) is 0 Å². The molecule has 100 valence electrons. The molecule has 2 rings (SSSR count). The van der Waals surface area contributed by atoms with Crippen LogP contribution >= 0.6 is 0 Å². The van der Waals surface area contributed by atoms with E-state index in [1.807, 2.05) is 0 Å². The zero-order valence-corrected chi connectivity index (χ0v) is 11.9. The first-order valence-corrected chi connectivity index (χ1v) is 7.11. The van der Waals surface area contributed by atoms with Crippen molar-refractivity contribution in [3.05, 3.63) is 29.8 Å². The van der Waals surface area contributed by atoms with Crippen molar-refractivity contribution in [2.24, 2.45) is 5.92 Å². The Kier molecular flexibility index (Phi) is 4.28. The average molecular weight is 246 g/mol. The van der Waals surface area contributed by atoms with Crippen LogP contribution in [0, 0.1) is 5.92 Å². The van der Waals surface area contributed by atoms with Gasteiger partial charge in [0.15, 0.2) is 0 Å². The number of anilines is 1. The molecule has 1 aliphatic rings. The van der Waals surface area contributed by atoms with Crippen molar-refractivity contribution in [1.82, 2.24) is 5.32 Å². The summed E-state index contributed by atoms with van der Waals surface area (Å²) in [4.78, 5) is 0. The van der Waals surface area contributed by atoms with Crippen LogP contribution in [-0.4, -0.2) is 19.6 Å². The number of hydrogen-bond acceptors (Lipinski definition) is 2. The summed E-state index contributed by atoms with van der Waals surface area (Å²) in [5.41, 5.74) is 2.89. The highest BCUT2D eigenvalue weighted by molar-refractivity contribution is 5.47. The standard InChI is InChI=1S/C16H26N2/c1-16(2,3)14-5-4-6-15(11-14)18-12-13-7-9-17-10-8-13/h4-6,11,13,17-18H,7-10,12H2,1-3H3. The molecule has 0 bridgehead atoms. The fraction of sp³-hybridized carbons (Fsp3) is 0.625. The van der Waals surface area contributed by atoms with E-state index in [1.54, 1.807) is 0 Å². The molecule has 2 heteroatoms.